The van der Waals surface area contributed by atoms with Gasteiger partial charge in [0.25, 0.3) is 0 Å². The molecule has 0 N–H and O–H groups in total. The van der Waals surface area contributed by atoms with E-state index in [1.165, 1.54) is 0 Å². The fourth-order valence-electron chi connectivity index (χ4n) is 2.46. The first-order chi connectivity index (χ1) is 9.35. The summed E-state index contributed by atoms with van der Waals surface area (Å²) in [6.45, 7) is 4.78. The van der Waals surface area contributed by atoms with Gasteiger partial charge in [0.15, 0.2) is 5.89 Å². The van der Waals surface area contributed by atoms with Gasteiger partial charge in [-0.15, -0.1) is 10.2 Å². The molecule has 0 unspecified atom stereocenters. The molecule has 3 rings (SSSR count). The predicted molar refractivity (Wildman–Crippen MR) is 67.4 cm³/mol. The molecule has 0 amide bonds. The van der Waals surface area contributed by atoms with Crippen LogP contribution in [0.15, 0.2) is 21.3 Å². The molecule has 1 aliphatic heterocycles. The number of rotatable bonds is 4. The van der Waals surface area contributed by atoms with Crippen molar-refractivity contribution in [3.05, 3.63) is 30.1 Å². The second-order valence-electron chi connectivity index (χ2n) is 4.86. The third kappa shape index (κ3) is 2.84. The van der Waals surface area contributed by atoms with Gasteiger partial charge in [-0.3, -0.25) is 4.90 Å². The fourth-order valence-corrected chi connectivity index (χ4v) is 2.46. The van der Waals surface area contributed by atoms with E-state index in [-0.39, 0.29) is 0 Å². The maximum Gasteiger partial charge on any atom is 0.230 e. The highest BCUT2D eigenvalue weighted by molar-refractivity contribution is 4.95. The molecule has 19 heavy (non-hydrogen) atoms. The molecule has 0 bridgehead atoms. The van der Waals surface area contributed by atoms with Crippen molar-refractivity contribution < 1.29 is 8.83 Å². The first kappa shape index (κ1) is 12.3. The minimum Gasteiger partial charge on any atom is -0.449 e. The van der Waals surface area contributed by atoms with Crippen LogP contribution in [0.2, 0.25) is 0 Å². The van der Waals surface area contributed by atoms with Gasteiger partial charge in [-0.1, -0.05) is 6.92 Å². The third-order valence-electron chi connectivity index (χ3n) is 3.56. The van der Waals surface area contributed by atoms with Crippen molar-refractivity contribution in [3.8, 4) is 0 Å². The van der Waals surface area contributed by atoms with Crippen LogP contribution in [-0.4, -0.2) is 33.2 Å². The maximum atomic E-state index is 5.54. The Hall–Kier alpha value is -1.69. The summed E-state index contributed by atoms with van der Waals surface area (Å²) in [6, 6.07) is 0. The van der Waals surface area contributed by atoms with E-state index in [0.717, 1.165) is 44.8 Å². The zero-order chi connectivity index (χ0) is 13.1. The molecule has 2 aromatic heterocycles. The lowest BCUT2D eigenvalue weighted by molar-refractivity contribution is 0.177. The highest BCUT2D eigenvalue weighted by atomic mass is 16.4. The van der Waals surface area contributed by atoms with E-state index < -0.39 is 0 Å². The van der Waals surface area contributed by atoms with Crippen LogP contribution < -0.4 is 0 Å². The maximum absolute atomic E-state index is 5.54. The van der Waals surface area contributed by atoms with Gasteiger partial charge in [0, 0.05) is 12.3 Å². The van der Waals surface area contributed by atoms with Gasteiger partial charge >= 0.3 is 0 Å². The van der Waals surface area contributed by atoms with Crippen LogP contribution in [0.5, 0.6) is 0 Å². The molecular weight excluding hydrogens is 244 g/mol. The van der Waals surface area contributed by atoms with Gasteiger partial charge in [0.05, 0.1) is 12.7 Å². The van der Waals surface area contributed by atoms with E-state index in [4.69, 9.17) is 8.83 Å². The molecule has 6 heteroatoms. The minimum atomic E-state index is 0.445. The summed E-state index contributed by atoms with van der Waals surface area (Å²) in [6.07, 6.45) is 6.28. The number of likely N-dealkylation sites (tertiary alicyclic amines) is 1. The third-order valence-corrected chi connectivity index (χ3v) is 3.56. The highest BCUT2D eigenvalue weighted by Gasteiger charge is 2.24. The van der Waals surface area contributed by atoms with Gasteiger partial charge in [-0.25, -0.2) is 4.98 Å². The Morgan fingerprint density at radius 2 is 2.05 bits per heavy atom. The average Bonchev–Trinajstić information content (AvgIpc) is 3.10. The van der Waals surface area contributed by atoms with Crippen LogP contribution in [0, 0.1) is 0 Å². The van der Waals surface area contributed by atoms with Gasteiger partial charge in [0.2, 0.25) is 11.8 Å². The van der Waals surface area contributed by atoms with Crippen LogP contribution in [0.4, 0.5) is 0 Å². The molecule has 0 aromatic carbocycles. The normalized spacial score (nSPS) is 17.9. The molecule has 3 heterocycles. The Bertz CT molecular complexity index is 500. The molecule has 2 aromatic rings. The quantitative estimate of drug-likeness (QED) is 0.839. The summed E-state index contributed by atoms with van der Waals surface area (Å²) < 4.78 is 10.9. The highest BCUT2D eigenvalue weighted by Crippen LogP contribution is 2.27. The van der Waals surface area contributed by atoms with E-state index in [0.29, 0.717) is 17.7 Å². The van der Waals surface area contributed by atoms with Crippen molar-refractivity contribution in [1.29, 1.82) is 0 Å². The fraction of sp³-hybridized carbons (Fsp3) is 0.615. The topological polar surface area (TPSA) is 68.2 Å². The zero-order valence-electron chi connectivity index (χ0n) is 11.1. The van der Waals surface area contributed by atoms with Crippen LogP contribution in [0.1, 0.15) is 43.4 Å². The first-order valence-corrected chi connectivity index (χ1v) is 6.78. The second kappa shape index (κ2) is 5.52. The lowest BCUT2D eigenvalue weighted by Crippen LogP contribution is -2.32. The largest absolute Gasteiger partial charge is 0.449 e. The average molecular weight is 262 g/mol. The Kier molecular flexibility index (Phi) is 3.59. The molecule has 6 nitrogen and oxygen atoms in total. The molecule has 1 fully saturated rings. The van der Waals surface area contributed by atoms with E-state index in [1.54, 1.807) is 12.5 Å². The molecule has 1 aliphatic rings. The molecular formula is C13H18N4O2. The van der Waals surface area contributed by atoms with Crippen LogP contribution in [0.25, 0.3) is 0 Å². The Balaban J connectivity index is 1.52. The van der Waals surface area contributed by atoms with Gasteiger partial charge in [0.1, 0.15) is 6.26 Å². The van der Waals surface area contributed by atoms with E-state index in [2.05, 4.69) is 20.1 Å². The number of aromatic nitrogens is 3. The Morgan fingerprint density at radius 3 is 2.68 bits per heavy atom. The van der Waals surface area contributed by atoms with Crippen LogP contribution >= 0.6 is 0 Å². The minimum absolute atomic E-state index is 0.445. The number of hydrogen-bond donors (Lipinski definition) is 0. The monoisotopic (exact) mass is 262 g/mol. The molecule has 0 aliphatic carbocycles. The Labute approximate surface area is 111 Å². The zero-order valence-corrected chi connectivity index (χ0v) is 11.1. The number of piperidine rings is 1. The number of nitrogens with zero attached hydrogens (tertiary/aromatic N) is 4. The summed E-state index contributed by atoms with van der Waals surface area (Å²) >= 11 is 0. The van der Waals surface area contributed by atoms with Gasteiger partial charge in [-0.2, -0.15) is 0 Å². The summed E-state index contributed by atoms with van der Waals surface area (Å²) in [4.78, 5) is 6.58. The summed E-state index contributed by atoms with van der Waals surface area (Å²) in [7, 11) is 0. The molecule has 0 radical (unpaired) electrons. The van der Waals surface area contributed by atoms with Gasteiger partial charge < -0.3 is 8.83 Å². The Morgan fingerprint density at radius 1 is 1.26 bits per heavy atom. The number of oxazole rings is 1. The molecule has 0 spiro atoms. The van der Waals surface area contributed by atoms with Crippen molar-refractivity contribution in [2.45, 2.75) is 38.6 Å². The van der Waals surface area contributed by atoms with E-state index in [1.807, 2.05) is 6.92 Å². The standard InChI is InChI=1S/C13H18N4O2/c1-2-11-15-16-12(19-11)9-17-6-3-10(4-7-17)13-14-5-8-18-13/h5,8,10H,2-4,6-7,9H2,1H3. The molecule has 0 saturated carbocycles. The lowest BCUT2D eigenvalue weighted by atomic mass is 9.97. The summed E-state index contributed by atoms with van der Waals surface area (Å²) in [5.41, 5.74) is 0. The lowest BCUT2D eigenvalue weighted by Gasteiger charge is -2.29. The van der Waals surface area contributed by atoms with Crippen molar-refractivity contribution in [3.63, 3.8) is 0 Å². The second-order valence-corrected chi connectivity index (χ2v) is 4.86. The van der Waals surface area contributed by atoms with Crippen LogP contribution in [-0.2, 0) is 13.0 Å². The van der Waals surface area contributed by atoms with E-state index >= 15 is 0 Å². The number of aryl methyl sites for hydroxylation is 1. The summed E-state index contributed by atoms with van der Waals surface area (Å²) in [5.74, 6) is 2.74. The SMILES string of the molecule is CCc1nnc(CN2CCC(c3ncco3)CC2)o1. The predicted octanol–water partition coefficient (Wildman–Crippen LogP) is 2.00. The van der Waals surface area contributed by atoms with Crippen molar-refractivity contribution >= 4 is 0 Å². The van der Waals surface area contributed by atoms with Gasteiger partial charge in [-0.05, 0) is 25.9 Å². The van der Waals surface area contributed by atoms with Crippen LogP contribution in [0.3, 0.4) is 0 Å². The molecule has 1 saturated heterocycles. The van der Waals surface area contributed by atoms with Crippen molar-refractivity contribution in [2.24, 2.45) is 0 Å². The van der Waals surface area contributed by atoms with Crippen molar-refractivity contribution in [1.82, 2.24) is 20.1 Å². The first-order valence-electron chi connectivity index (χ1n) is 6.78. The molecule has 102 valence electrons. The van der Waals surface area contributed by atoms with Crippen molar-refractivity contribution in [2.75, 3.05) is 13.1 Å². The summed E-state index contributed by atoms with van der Waals surface area (Å²) in [5, 5.41) is 8.05. The van der Waals surface area contributed by atoms with E-state index in [9.17, 15) is 0 Å². The molecule has 0 atom stereocenters. The number of hydrogen-bond acceptors (Lipinski definition) is 6. The smallest absolute Gasteiger partial charge is 0.230 e.